The average Bonchev–Trinajstić information content (AvgIpc) is 3.19. The summed E-state index contributed by atoms with van der Waals surface area (Å²) >= 11 is 1.53. The average molecular weight is 397 g/mol. The molecular formula is C20H24N6OS. The second-order valence-electron chi connectivity index (χ2n) is 6.96. The molecule has 0 aliphatic carbocycles. The molecule has 0 spiro atoms. The molecule has 0 saturated carbocycles. The van der Waals surface area contributed by atoms with Crippen LogP contribution in [0.15, 0.2) is 29.8 Å². The first kappa shape index (κ1) is 18.6. The highest BCUT2D eigenvalue weighted by Gasteiger charge is 2.14. The minimum Gasteiger partial charge on any atom is -0.356 e. The van der Waals surface area contributed by atoms with Crippen LogP contribution in [-0.2, 0) is 0 Å². The number of hydrogen-bond acceptors (Lipinski definition) is 7. The molecule has 0 bridgehead atoms. The monoisotopic (exact) mass is 396 g/mol. The van der Waals surface area contributed by atoms with Gasteiger partial charge in [-0.2, -0.15) is 4.98 Å². The number of aromatic nitrogens is 3. The lowest BCUT2D eigenvalue weighted by Crippen LogP contribution is -2.31. The predicted molar refractivity (Wildman–Crippen MR) is 113 cm³/mol. The maximum atomic E-state index is 12.3. The van der Waals surface area contributed by atoms with Crippen molar-refractivity contribution in [2.45, 2.75) is 26.2 Å². The molecular weight excluding hydrogens is 372 g/mol. The minimum atomic E-state index is -0.0868. The van der Waals surface area contributed by atoms with Gasteiger partial charge in [-0.3, -0.25) is 4.79 Å². The standard InChI is InChI=1S/C20H24N6OS/c1-14-11-18(26-9-3-2-4-10-26)25-20(24-14)22-8-7-21-19(27)15-5-6-16-17(12-15)28-13-23-16/h5-6,11-13H,2-4,7-10H2,1H3,(H,21,27)(H,22,24,25). The molecule has 3 aromatic rings. The highest BCUT2D eigenvalue weighted by atomic mass is 32.1. The number of amides is 1. The number of thiazole rings is 1. The van der Waals surface area contributed by atoms with Crippen molar-refractivity contribution in [3.05, 3.63) is 41.0 Å². The van der Waals surface area contributed by atoms with Crippen molar-refractivity contribution in [1.82, 2.24) is 20.3 Å². The molecule has 3 heterocycles. The van der Waals surface area contributed by atoms with Gasteiger partial charge in [0.05, 0.1) is 15.7 Å². The van der Waals surface area contributed by atoms with Gasteiger partial charge in [0.15, 0.2) is 0 Å². The summed E-state index contributed by atoms with van der Waals surface area (Å²) in [5, 5.41) is 6.16. The Kier molecular flexibility index (Phi) is 5.66. The van der Waals surface area contributed by atoms with Crippen molar-refractivity contribution in [3.63, 3.8) is 0 Å². The zero-order valence-corrected chi connectivity index (χ0v) is 16.8. The second-order valence-corrected chi connectivity index (χ2v) is 7.84. The number of fused-ring (bicyclic) bond motifs is 1. The molecule has 1 aliphatic heterocycles. The summed E-state index contributed by atoms with van der Waals surface area (Å²) in [4.78, 5) is 28.0. The third kappa shape index (κ3) is 4.39. The zero-order chi connectivity index (χ0) is 19.3. The fourth-order valence-corrected chi connectivity index (χ4v) is 4.08. The SMILES string of the molecule is Cc1cc(N2CCCCC2)nc(NCCNC(=O)c2ccc3ncsc3c2)n1. The van der Waals surface area contributed by atoms with Crippen LogP contribution in [0.1, 0.15) is 35.3 Å². The molecule has 2 N–H and O–H groups in total. The van der Waals surface area contributed by atoms with Gasteiger partial charge in [0.1, 0.15) is 5.82 Å². The Hall–Kier alpha value is -2.74. The highest BCUT2D eigenvalue weighted by Crippen LogP contribution is 2.20. The predicted octanol–water partition coefficient (Wildman–Crippen LogP) is 3.23. The number of rotatable bonds is 6. The van der Waals surface area contributed by atoms with Gasteiger partial charge in [0.25, 0.3) is 5.91 Å². The van der Waals surface area contributed by atoms with Crippen LogP contribution < -0.4 is 15.5 Å². The quantitative estimate of drug-likeness (QED) is 0.623. The molecule has 2 aromatic heterocycles. The van der Waals surface area contributed by atoms with E-state index in [1.807, 2.05) is 25.1 Å². The molecule has 0 atom stereocenters. The summed E-state index contributed by atoms with van der Waals surface area (Å²) in [6.45, 7) is 5.15. The number of anilines is 2. The first-order chi connectivity index (χ1) is 13.7. The first-order valence-corrected chi connectivity index (χ1v) is 10.5. The van der Waals surface area contributed by atoms with E-state index in [-0.39, 0.29) is 5.91 Å². The maximum Gasteiger partial charge on any atom is 0.251 e. The van der Waals surface area contributed by atoms with Crippen LogP contribution in [0.5, 0.6) is 0 Å². The van der Waals surface area contributed by atoms with Crippen LogP contribution >= 0.6 is 11.3 Å². The first-order valence-electron chi connectivity index (χ1n) is 9.65. The van der Waals surface area contributed by atoms with Gasteiger partial charge in [-0.1, -0.05) is 0 Å². The number of aryl methyl sites for hydroxylation is 1. The van der Waals surface area contributed by atoms with Gasteiger partial charge in [-0.25, -0.2) is 9.97 Å². The lowest BCUT2D eigenvalue weighted by molar-refractivity contribution is 0.0955. The molecule has 7 nitrogen and oxygen atoms in total. The van der Waals surface area contributed by atoms with Crippen molar-refractivity contribution >= 4 is 39.2 Å². The summed E-state index contributed by atoms with van der Waals surface area (Å²) in [6.07, 6.45) is 3.72. The van der Waals surface area contributed by atoms with Gasteiger partial charge in [-0.05, 0) is 44.4 Å². The Morgan fingerprint density at radius 1 is 1.14 bits per heavy atom. The normalized spacial score (nSPS) is 14.2. The summed E-state index contributed by atoms with van der Waals surface area (Å²) in [5.41, 5.74) is 4.30. The largest absolute Gasteiger partial charge is 0.356 e. The molecule has 1 fully saturated rings. The van der Waals surface area contributed by atoms with Gasteiger partial charge < -0.3 is 15.5 Å². The molecule has 1 aliphatic rings. The summed E-state index contributed by atoms with van der Waals surface area (Å²) in [6, 6.07) is 7.60. The van der Waals surface area contributed by atoms with Gasteiger partial charge in [-0.15, -0.1) is 11.3 Å². The highest BCUT2D eigenvalue weighted by molar-refractivity contribution is 7.16. The zero-order valence-electron chi connectivity index (χ0n) is 15.9. The smallest absolute Gasteiger partial charge is 0.251 e. The summed E-state index contributed by atoms with van der Waals surface area (Å²) < 4.78 is 1.02. The molecule has 1 saturated heterocycles. The molecule has 0 radical (unpaired) electrons. The van der Waals surface area contributed by atoms with Crippen LogP contribution in [0.4, 0.5) is 11.8 Å². The number of carbonyl (C=O) groups is 1. The van der Waals surface area contributed by atoms with Crippen molar-refractivity contribution in [3.8, 4) is 0 Å². The Morgan fingerprint density at radius 3 is 2.86 bits per heavy atom. The molecule has 146 valence electrons. The number of benzene rings is 1. The van der Waals surface area contributed by atoms with E-state index in [2.05, 4.69) is 30.5 Å². The third-order valence-electron chi connectivity index (χ3n) is 4.81. The fraction of sp³-hybridized carbons (Fsp3) is 0.400. The van der Waals surface area contributed by atoms with Crippen molar-refractivity contribution in [2.24, 2.45) is 0 Å². The molecule has 28 heavy (non-hydrogen) atoms. The molecule has 0 unspecified atom stereocenters. The Balaban J connectivity index is 1.31. The van der Waals surface area contributed by atoms with E-state index in [9.17, 15) is 4.79 Å². The van der Waals surface area contributed by atoms with Crippen molar-refractivity contribution in [2.75, 3.05) is 36.4 Å². The lowest BCUT2D eigenvalue weighted by Gasteiger charge is -2.28. The lowest BCUT2D eigenvalue weighted by atomic mass is 10.1. The fourth-order valence-electron chi connectivity index (χ4n) is 3.36. The Bertz CT molecular complexity index is 966. The van der Waals surface area contributed by atoms with E-state index in [0.717, 1.165) is 34.8 Å². The molecule has 1 aromatic carbocycles. The number of nitrogens with one attached hydrogen (secondary N) is 2. The summed E-state index contributed by atoms with van der Waals surface area (Å²) in [7, 11) is 0. The van der Waals surface area contributed by atoms with Crippen molar-refractivity contribution < 1.29 is 4.79 Å². The topological polar surface area (TPSA) is 83.0 Å². The van der Waals surface area contributed by atoms with E-state index in [1.54, 1.807) is 11.6 Å². The van der Waals surface area contributed by atoms with E-state index in [4.69, 9.17) is 0 Å². The molecule has 1 amide bonds. The summed E-state index contributed by atoms with van der Waals surface area (Å²) in [5.74, 6) is 1.51. The third-order valence-corrected chi connectivity index (χ3v) is 5.60. The van der Waals surface area contributed by atoms with Gasteiger partial charge in [0.2, 0.25) is 5.95 Å². The van der Waals surface area contributed by atoms with E-state index in [0.29, 0.717) is 24.6 Å². The maximum absolute atomic E-state index is 12.3. The number of piperidine rings is 1. The van der Waals surface area contributed by atoms with E-state index < -0.39 is 0 Å². The number of carbonyl (C=O) groups excluding carboxylic acids is 1. The van der Waals surface area contributed by atoms with E-state index in [1.165, 1.54) is 30.6 Å². The van der Waals surface area contributed by atoms with Crippen LogP contribution in [-0.4, -0.2) is 47.0 Å². The Morgan fingerprint density at radius 2 is 2.00 bits per heavy atom. The van der Waals surface area contributed by atoms with Crippen LogP contribution in [0, 0.1) is 6.92 Å². The number of nitrogens with zero attached hydrogens (tertiary/aromatic N) is 4. The van der Waals surface area contributed by atoms with Crippen molar-refractivity contribution in [1.29, 1.82) is 0 Å². The second kappa shape index (κ2) is 8.52. The van der Waals surface area contributed by atoms with Crippen LogP contribution in [0.2, 0.25) is 0 Å². The Labute approximate surface area is 168 Å². The molecule has 8 heteroatoms. The van der Waals surface area contributed by atoms with Gasteiger partial charge >= 0.3 is 0 Å². The van der Waals surface area contributed by atoms with E-state index >= 15 is 0 Å². The number of hydrogen-bond donors (Lipinski definition) is 2. The van der Waals surface area contributed by atoms with Gasteiger partial charge in [0, 0.05) is 43.5 Å². The molecule has 4 rings (SSSR count). The van der Waals surface area contributed by atoms with Crippen LogP contribution in [0.3, 0.4) is 0 Å². The van der Waals surface area contributed by atoms with Crippen LogP contribution in [0.25, 0.3) is 10.2 Å². The minimum absolute atomic E-state index is 0.0868.